The van der Waals surface area contributed by atoms with Crippen LogP contribution in [0, 0.1) is 0 Å². The normalized spacial score (nSPS) is 12.2. The van der Waals surface area contributed by atoms with E-state index in [-0.39, 0.29) is 17.4 Å². The van der Waals surface area contributed by atoms with E-state index in [0.717, 1.165) is 16.6 Å². The number of halogens is 2. The molecule has 1 atom stereocenters. The molecule has 4 aromatic rings. The Morgan fingerprint density at radius 1 is 0.862 bits per heavy atom. The molecule has 0 aliphatic carbocycles. The lowest BCUT2D eigenvalue weighted by Gasteiger charge is -2.20. The van der Waals surface area contributed by atoms with Crippen molar-refractivity contribution < 1.29 is 18.6 Å². The minimum atomic E-state index is -2.87. The smallest absolute Gasteiger partial charge is 0.387 e. The van der Waals surface area contributed by atoms with Crippen LogP contribution < -0.4 is 4.74 Å². The van der Waals surface area contributed by atoms with Gasteiger partial charge in [0.1, 0.15) is 17.0 Å². The van der Waals surface area contributed by atoms with Crippen LogP contribution in [0.4, 0.5) is 8.78 Å². The Hall–Kier alpha value is -3.54. The van der Waals surface area contributed by atoms with E-state index in [4.69, 9.17) is 0 Å². The van der Waals surface area contributed by atoms with Crippen molar-refractivity contribution in [3.8, 4) is 11.5 Å². The van der Waals surface area contributed by atoms with Gasteiger partial charge in [-0.1, -0.05) is 36.4 Å². The zero-order valence-corrected chi connectivity index (χ0v) is 15.4. The zero-order chi connectivity index (χ0) is 20.2. The van der Waals surface area contributed by atoms with Crippen LogP contribution >= 0.6 is 0 Å². The highest BCUT2D eigenvalue weighted by atomic mass is 19.3. The van der Waals surface area contributed by atoms with Crippen molar-refractivity contribution in [2.45, 2.75) is 19.0 Å². The van der Waals surface area contributed by atoms with Crippen LogP contribution in [0.25, 0.3) is 10.9 Å². The number of hydrogen-bond donors (Lipinski definition) is 1. The van der Waals surface area contributed by atoms with Gasteiger partial charge in [0.15, 0.2) is 0 Å². The number of phenolic OH excluding ortho intramolecular Hbond substituents is 1. The summed E-state index contributed by atoms with van der Waals surface area (Å²) in [5, 5.41) is 11.8. The minimum absolute atomic E-state index is 0.0877. The van der Waals surface area contributed by atoms with Gasteiger partial charge in [-0.3, -0.25) is 9.97 Å². The van der Waals surface area contributed by atoms with Gasteiger partial charge in [0.25, 0.3) is 0 Å². The summed E-state index contributed by atoms with van der Waals surface area (Å²) in [7, 11) is 0. The Kier molecular flexibility index (Phi) is 5.33. The minimum Gasteiger partial charge on any atom is -0.505 e. The molecule has 0 amide bonds. The molecular formula is C23H18F2N2O2. The van der Waals surface area contributed by atoms with E-state index < -0.39 is 6.61 Å². The van der Waals surface area contributed by atoms with Crippen LogP contribution in [0.1, 0.15) is 22.7 Å². The molecule has 1 N–H and O–H groups in total. The van der Waals surface area contributed by atoms with Crippen molar-refractivity contribution >= 4 is 10.9 Å². The maximum atomic E-state index is 12.5. The third-order valence-corrected chi connectivity index (χ3v) is 4.80. The summed E-state index contributed by atoms with van der Waals surface area (Å²) < 4.78 is 29.4. The van der Waals surface area contributed by atoms with E-state index in [1.165, 1.54) is 12.1 Å². The van der Waals surface area contributed by atoms with Crippen LogP contribution in [0.15, 0.2) is 79.1 Å². The molecular weight excluding hydrogens is 374 g/mol. The molecule has 29 heavy (non-hydrogen) atoms. The number of phenols is 1. The molecule has 2 aromatic carbocycles. The summed E-state index contributed by atoms with van der Waals surface area (Å²) in [5.41, 5.74) is 2.92. The number of alkyl halides is 2. The third kappa shape index (κ3) is 4.16. The van der Waals surface area contributed by atoms with E-state index in [1.54, 1.807) is 24.5 Å². The van der Waals surface area contributed by atoms with Gasteiger partial charge in [-0.2, -0.15) is 8.78 Å². The van der Waals surface area contributed by atoms with E-state index in [0.29, 0.717) is 17.5 Å². The van der Waals surface area contributed by atoms with Gasteiger partial charge in [0.2, 0.25) is 0 Å². The molecule has 6 heteroatoms. The summed E-state index contributed by atoms with van der Waals surface area (Å²) in [6.45, 7) is -2.87. The molecule has 0 bridgehead atoms. The number of benzene rings is 2. The van der Waals surface area contributed by atoms with Gasteiger partial charge in [-0.05, 0) is 35.9 Å². The summed E-state index contributed by atoms with van der Waals surface area (Å²) in [4.78, 5) is 8.70. The first-order valence-electron chi connectivity index (χ1n) is 9.13. The Morgan fingerprint density at radius 3 is 2.38 bits per heavy atom. The molecule has 2 heterocycles. The molecule has 0 radical (unpaired) electrons. The second kappa shape index (κ2) is 8.22. The van der Waals surface area contributed by atoms with E-state index >= 15 is 0 Å². The van der Waals surface area contributed by atoms with Gasteiger partial charge in [-0.15, -0.1) is 0 Å². The molecule has 4 rings (SSSR count). The predicted octanol–water partition coefficient (Wildman–Crippen LogP) is 5.31. The molecule has 0 saturated heterocycles. The Balaban J connectivity index is 1.77. The number of aromatic hydroxyl groups is 1. The first kappa shape index (κ1) is 18.8. The zero-order valence-electron chi connectivity index (χ0n) is 15.4. The van der Waals surface area contributed by atoms with Gasteiger partial charge in [0, 0.05) is 41.4 Å². The Labute approximate surface area is 166 Å². The largest absolute Gasteiger partial charge is 0.505 e. The monoisotopic (exact) mass is 392 g/mol. The lowest BCUT2D eigenvalue weighted by atomic mass is 9.86. The van der Waals surface area contributed by atoms with E-state index in [1.807, 2.05) is 42.5 Å². The fourth-order valence-electron chi connectivity index (χ4n) is 3.44. The number of pyridine rings is 2. The van der Waals surface area contributed by atoms with E-state index in [9.17, 15) is 13.9 Å². The predicted molar refractivity (Wildman–Crippen MR) is 106 cm³/mol. The fraction of sp³-hybridized carbons (Fsp3) is 0.130. The summed E-state index contributed by atoms with van der Waals surface area (Å²) in [5.74, 6) is -0.0430. The van der Waals surface area contributed by atoms with Gasteiger partial charge in [-0.25, -0.2) is 0 Å². The van der Waals surface area contributed by atoms with Crippen molar-refractivity contribution in [3.05, 3.63) is 95.9 Å². The van der Waals surface area contributed by atoms with E-state index in [2.05, 4.69) is 14.7 Å². The average Bonchev–Trinajstić information content (AvgIpc) is 2.74. The number of nitrogens with zero attached hydrogens (tertiary/aromatic N) is 2. The van der Waals surface area contributed by atoms with Gasteiger partial charge < -0.3 is 9.84 Å². The summed E-state index contributed by atoms with van der Waals surface area (Å²) in [6.07, 6.45) is 3.88. The second-order valence-electron chi connectivity index (χ2n) is 6.60. The van der Waals surface area contributed by atoms with Gasteiger partial charge in [0.05, 0.1) is 0 Å². The van der Waals surface area contributed by atoms with Crippen LogP contribution in [-0.2, 0) is 6.42 Å². The van der Waals surface area contributed by atoms with Crippen molar-refractivity contribution in [2.24, 2.45) is 0 Å². The number of fused-ring (bicyclic) bond motifs is 1. The third-order valence-electron chi connectivity index (χ3n) is 4.80. The van der Waals surface area contributed by atoms with Crippen molar-refractivity contribution in [1.82, 2.24) is 9.97 Å². The molecule has 0 aliphatic heterocycles. The van der Waals surface area contributed by atoms with Crippen molar-refractivity contribution in [3.63, 3.8) is 0 Å². The first-order valence-corrected chi connectivity index (χ1v) is 9.13. The molecule has 146 valence electrons. The highest BCUT2D eigenvalue weighted by molar-refractivity contribution is 5.85. The lowest BCUT2D eigenvalue weighted by molar-refractivity contribution is -0.0498. The highest BCUT2D eigenvalue weighted by Gasteiger charge is 2.21. The number of rotatable bonds is 6. The van der Waals surface area contributed by atoms with Crippen LogP contribution in [0.2, 0.25) is 0 Å². The Morgan fingerprint density at radius 2 is 1.66 bits per heavy atom. The van der Waals surface area contributed by atoms with Crippen molar-refractivity contribution in [2.75, 3.05) is 0 Å². The van der Waals surface area contributed by atoms with Crippen LogP contribution in [-0.4, -0.2) is 21.7 Å². The molecule has 0 fully saturated rings. The molecule has 0 spiro atoms. The average molecular weight is 392 g/mol. The standard InChI is InChI=1S/C23H18F2N2O2/c24-23(25)29-18-9-6-15(7-10-18)20(14-17-5-1-2-12-26-17)19-11-8-16-4-3-13-27-21(16)22(19)28/h1-13,20,23,28H,14H2. The van der Waals surface area contributed by atoms with Crippen LogP contribution in [0.5, 0.6) is 11.5 Å². The number of hydrogen-bond acceptors (Lipinski definition) is 4. The number of aromatic nitrogens is 2. The lowest BCUT2D eigenvalue weighted by Crippen LogP contribution is -2.08. The molecule has 2 aromatic heterocycles. The van der Waals surface area contributed by atoms with Crippen LogP contribution in [0.3, 0.4) is 0 Å². The van der Waals surface area contributed by atoms with Gasteiger partial charge >= 0.3 is 6.61 Å². The maximum Gasteiger partial charge on any atom is 0.387 e. The molecule has 0 aliphatic rings. The summed E-state index contributed by atoms with van der Waals surface area (Å²) >= 11 is 0. The quantitative estimate of drug-likeness (QED) is 0.483. The highest BCUT2D eigenvalue weighted by Crippen LogP contribution is 2.38. The first-order chi connectivity index (χ1) is 14.1. The second-order valence-corrected chi connectivity index (χ2v) is 6.60. The topological polar surface area (TPSA) is 55.2 Å². The Bertz CT molecular complexity index is 1100. The SMILES string of the molecule is Oc1c(C(Cc2ccccn2)c2ccc(OC(F)F)cc2)ccc2cccnc12. The molecule has 4 nitrogen and oxygen atoms in total. The van der Waals surface area contributed by atoms with Crippen molar-refractivity contribution in [1.29, 1.82) is 0 Å². The molecule has 1 unspecified atom stereocenters. The maximum absolute atomic E-state index is 12.5. The summed E-state index contributed by atoms with van der Waals surface area (Å²) in [6, 6.07) is 19.6. The fourth-order valence-corrected chi connectivity index (χ4v) is 3.44. The molecule has 0 saturated carbocycles. The number of ether oxygens (including phenoxy) is 1.